The van der Waals surface area contributed by atoms with Crippen LogP contribution in [0.4, 0.5) is 5.82 Å². The maximum absolute atomic E-state index is 6.46. The Morgan fingerprint density at radius 1 is 0.897 bits per heavy atom. The first kappa shape index (κ1) is 26.7. The number of nitrogens with zero attached hydrogens (tertiary/aromatic N) is 7. The van der Waals surface area contributed by atoms with Crippen LogP contribution >= 0.6 is 34.8 Å². The molecule has 2 fully saturated rings. The second kappa shape index (κ2) is 11.2. The number of benzene rings is 2. The third-order valence-corrected chi connectivity index (χ3v) is 8.40. The van der Waals surface area contributed by atoms with E-state index < -0.39 is 0 Å². The van der Waals surface area contributed by atoms with Crippen LogP contribution in [0.5, 0.6) is 0 Å². The van der Waals surface area contributed by atoms with Gasteiger partial charge >= 0.3 is 0 Å². The summed E-state index contributed by atoms with van der Waals surface area (Å²) in [6.45, 7) is 7.37. The van der Waals surface area contributed by atoms with Crippen LogP contribution in [-0.4, -0.2) is 67.7 Å². The lowest BCUT2D eigenvalue weighted by Crippen LogP contribution is -2.57. The molecule has 0 bridgehead atoms. The maximum atomic E-state index is 6.46. The first-order valence-electron chi connectivity index (χ1n) is 13.3. The summed E-state index contributed by atoms with van der Waals surface area (Å²) in [6.07, 6.45) is 2.18. The standard InChI is InChI=1S/C28H30Cl3N7O/c1-17-15-37(26-24-27(33-28(31)32-26)38(35-34-24)16-23-4-3-13-39-23)18(2)14-36(17)25(19-5-9-21(29)10-6-19)20-7-11-22(30)12-8-20/h5-12,17-18,23,25H,3-4,13-16H2,1-2H3/t17-,18+,23-/m1/s1. The minimum Gasteiger partial charge on any atom is -0.376 e. The summed E-state index contributed by atoms with van der Waals surface area (Å²) in [7, 11) is 0. The van der Waals surface area contributed by atoms with Gasteiger partial charge in [0, 0.05) is 41.8 Å². The SMILES string of the molecule is C[C@@H]1CN(c2nc(Cl)nc3c2nnn3C[C@H]2CCCO2)[C@@H](C)CN1C(c1ccc(Cl)cc1)c1ccc(Cl)cc1. The van der Waals surface area contributed by atoms with Crippen molar-refractivity contribution in [3.05, 3.63) is 75.0 Å². The quantitative estimate of drug-likeness (QED) is 0.255. The number of hydrogen-bond donors (Lipinski definition) is 0. The Morgan fingerprint density at radius 2 is 1.56 bits per heavy atom. The van der Waals surface area contributed by atoms with E-state index in [1.807, 2.05) is 24.3 Å². The highest BCUT2D eigenvalue weighted by Gasteiger charge is 2.37. The molecule has 6 rings (SSSR count). The van der Waals surface area contributed by atoms with Crippen LogP contribution in [0.15, 0.2) is 48.5 Å². The van der Waals surface area contributed by atoms with Gasteiger partial charge in [-0.1, -0.05) is 52.7 Å². The van der Waals surface area contributed by atoms with Crippen LogP contribution in [0, 0.1) is 0 Å². The summed E-state index contributed by atoms with van der Waals surface area (Å²) in [5, 5.41) is 10.5. The van der Waals surface area contributed by atoms with Crippen LogP contribution < -0.4 is 4.90 Å². The molecule has 0 unspecified atom stereocenters. The molecule has 4 aromatic rings. The molecule has 11 heteroatoms. The number of halogens is 3. The van der Waals surface area contributed by atoms with Crippen LogP contribution in [0.2, 0.25) is 15.3 Å². The normalized spacial score (nSPS) is 22.3. The first-order chi connectivity index (χ1) is 18.9. The van der Waals surface area contributed by atoms with Gasteiger partial charge in [0.25, 0.3) is 0 Å². The van der Waals surface area contributed by atoms with Crippen molar-refractivity contribution in [1.82, 2.24) is 29.9 Å². The fourth-order valence-corrected chi connectivity index (χ4v) is 6.21. The van der Waals surface area contributed by atoms with Crippen molar-refractivity contribution in [1.29, 1.82) is 0 Å². The molecule has 2 aromatic heterocycles. The molecule has 4 heterocycles. The van der Waals surface area contributed by atoms with Crippen LogP contribution in [-0.2, 0) is 11.3 Å². The van der Waals surface area contributed by atoms with Crippen LogP contribution in [0.3, 0.4) is 0 Å². The molecule has 39 heavy (non-hydrogen) atoms. The fourth-order valence-electron chi connectivity index (χ4n) is 5.79. The minimum absolute atomic E-state index is 0.0421. The largest absolute Gasteiger partial charge is 0.376 e. The molecule has 204 valence electrons. The van der Waals surface area contributed by atoms with E-state index in [9.17, 15) is 0 Å². The zero-order valence-corrected chi connectivity index (χ0v) is 24.1. The Bertz CT molecular complexity index is 1390. The van der Waals surface area contributed by atoms with Crippen LogP contribution in [0.25, 0.3) is 11.2 Å². The summed E-state index contributed by atoms with van der Waals surface area (Å²) in [6, 6.07) is 16.6. The minimum atomic E-state index is 0.0421. The third kappa shape index (κ3) is 5.45. The molecule has 0 amide bonds. The maximum Gasteiger partial charge on any atom is 0.226 e. The van der Waals surface area contributed by atoms with Crippen molar-refractivity contribution in [2.24, 2.45) is 0 Å². The molecule has 3 atom stereocenters. The van der Waals surface area contributed by atoms with E-state index in [0.717, 1.165) is 48.4 Å². The summed E-state index contributed by atoms with van der Waals surface area (Å²) in [5.74, 6) is 0.720. The van der Waals surface area contributed by atoms with Crippen molar-refractivity contribution in [2.45, 2.75) is 57.5 Å². The lowest BCUT2D eigenvalue weighted by Gasteiger charge is -2.48. The fraction of sp³-hybridized carbons (Fsp3) is 0.429. The summed E-state index contributed by atoms with van der Waals surface area (Å²) >= 11 is 18.9. The van der Waals surface area contributed by atoms with Gasteiger partial charge in [-0.15, -0.1) is 5.10 Å². The molecular weight excluding hydrogens is 557 g/mol. The highest BCUT2D eigenvalue weighted by molar-refractivity contribution is 6.30. The monoisotopic (exact) mass is 585 g/mol. The highest BCUT2D eigenvalue weighted by Crippen LogP contribution is 2.36. The van der Waals surface area contributed by atoms with Crippen molar-refractivity contribution in [2.75, 3.05) is 24.6 Å². The topological polar surface area (TPSA) is 72.2 Å². The van der Waals surface area contributed by atoms with E-state index in [-0.39, 0.29) is 29.5 Å². The van der Waals surface area contributed by atoms with Gasteiger partial charge in [0.1, 0.15) is 0 Å². The van der Waals surface area contributed by atoms with Gasteiger partial charge in [0.15, 0.2) is 17.0 Å². The number of rotatable bonds is 6. The zero-order chi connectivity index (χ0) is 27.1. The summed E-state index contributed by atoms with van der Waals surface area (Å²) in [4.78, 5) is 13.9. The molecule has 2 saturated heterocycles. The van der Waals surface area contributed by atoms with E-state index in [0.29, 0.717) is 17.7 Å². The Hall–Kier alpha value is -2.49. The molecule has 0 radical (unpaired) electrons. The number of piperazine rings is 1. The van der Waals surface area contributed by atoms with E-state index in [2.05, 4.69) is 68.2 Å². The first-order valence-corrected chi connectivity index (χ1v) is 14.4. The number of hydrogen-bond acceptors (Lipinski definition) is 7. The average Bonchev–Trinajstić information content (AvgIpc) is 3.58. The van der Waals surface area contributed by atoms with Crippen LogP contribution in [0.1, 0.15) is 43.9 Å². The molecule has 0 saturated carbocycles. The lowest BCUT2D eigenvalue weighted by atomic mass is 9.93. The van der Waals surface area contributed by atoms with Crippen molar-refractivity contribution in [3.8, 4) is 0 Å². The Balaban J connectivity index is 1.31. The smallest absolute Gasteiger partial charge is 0.226 e. The van der Waals surface area contributed by atoms with Gasteiger partial charge in [-0.05, 0) is 73.7 Å². The predicted molar refractivity (Wildman–Crippen MR) is 155 cm³/mol. The summed E-state index contributed by atoms with van der Waals surface area (Å²) in [5.41, 5.74) is 3.66. The van der Waals surface area contributed by atoms with Gasteiger partial charge in [0.05, 0.1) is 18.7 Å². The second-order valence-corrected chi connectivity index (χ2v) is 11.7. The molecule has 0 aliphatic carbocycles. The number of ether oxygens (including phenoxy) is 1. The number of fused-ring (bicyclic) bond motifs is 1. The lowest BCUT2D eigenvalue weighted by molar-refractivity contribution is 0.0944. The van der Waals surface area contributed by atoms with E-state index >= 15 is 0 Å². The molecule has 0 N–H and O–H groups in total. The second-order valence-electron chi connectivity index (χ2n) is 10.4. The number of anilines is 1. The van der Waals surface area contributed by atoms with E-state index in [1.54, 1.807) is 4.68 Å². The molecule has 2 aromatic carbocycles. The molecule has 8 nitrogen and oxygen atoms in total. The van der Waals surface area contributed by atoms with Crippen molar-refractivity contribution >= 4 is 51.8 Å². The Morgan fingerprint density at radius 3 is 2.18 bits per heavy atom. The van der Waals surface area contributed by atoms with Gasteiger partial charge in [-0.3, -0.25) is 4.90 Å². The molecule has 0 spiro atoms. The molecule has 2 aliphatic rings. The molecule has 2 aliphatic heterocycles. The van der Waals surface area contributed by atoms with Gasteiger partial charge in [-0.2, -0.15) is 9.97 Å². The Kier molecular flexibility index (Phi) is 7.66. The van der Waals surface area contributed by atoms with Gasteiger partial charge < -0.3 is 9.64 Å². The Labute approximate surface area is 242 Å². The van der Waals surface area contributed by atoms with Crippen molar-refractivity contribution < 1.29 is 4.74 Å². The number of aromatic nitrogens is 5. The molecular formula is C28H30Cl3N7O. The van der Waals surface area contributed by atoms with Crippen molar-refractivity contribution in [3.63, 3.8) is 0 Å². The highest BCUT2D eigenvalue weighted by atomic mass is 35.5. The van der Waals surface area contributed by atoms with Gasteiger partial charge in [0.2, 0.25) is 5.28 Å². The average molecular weight is 587 g/mol. The predicted octanol–water partition coefficient (Wildman–Crippen LogP) is 6.05. The summed E-state index contributed by atoms with van der Waals surface area (Å²) < 4.78 is 7.60. The van der Waals surface area contributed by atoms with E-state index in [4.69, 9.17) is 39.5 Å². The van der Waals surface area contributed by atoms with Gasteiger partial charge in [-0.25, -0.2) is 4.68 Å². The van der Waals surface area contributed by atoms with E-state index in [1.165, 1.54) is 11.1 Å². The zero-order valence-electron chi connectivity index (χ0n) is 21.8. The third-order valence-electron chi connectivity index (χ3n) is 7.73.